The zero-order valence-corrected chi connectivity index (χ0v) is 23.9. The van der Waals surface area contributed by atoms with Gasteiger partial charge in [-0.05, 0) is 23.6 Å². The fourth-order valence-electron chi connectivity index (χ4n) is 5.68. The third kappa shape index (κ3) is 6.09. The molecule has 2 aliphatic heterocycles. The Morgan fingerprint density at radius 1 is 0.682 bits per heavy atom. The van der Waals surface area contributed by atoms with E-state index in [0.717, 1.165) is 21.9 Å². The number of carbonyl (C=O) groups excluding carboxylic acids is 1. The molecule has 0 radical (unpaired) electrons. The van der Waals surface area contributed by atoms with Gasteiger partial charge >= 0.3 is 5.97 Å². The maximum absolute atomic E-state index is 13.5. The van der Waals surface area contributed by atoms with E-state index in [1.807, 2.05) is 109 Å². The second-order valence-corrected chi connectivity index (χ2v) is 10.8. The number of fused-ring (bicyclic) bond motifs is 2. The first kappa shape index (κ1) is 28.3. The summed E-state index contributed by atoms with van der Waals surface area (Å²) in [6.45, 7) is 0.305. The Morgan fingerprint density at radius 2 is 1.32 bits per heavy atom. The van der Waals surface area contributed by atoms with Crippen molar-refractivity contribution in [2.75, 3.05) is 13.2 Å². The van der Waals surface area contributed by atoms with Gasteiger partial charge < -0.3 is 28.4 Å². The summed E-state index contributed by atoms with van der Waals surface area (Å²) in [6.07, 6.45) is -4.04. The van der Waals surface area contributed by atoms with E-state index < -0.39 is 43.0 Å². The Bertz CT molecular complexity index is 1670. The van der Waals surface area contributed by atoms with E-state index in [2.05, 4.69) is 0 Å². The lowest BCUT2D eigenvalue weighted by atomic mass is 9.99. The van der Waals surface area contributed by atoms with Crippen molar-refractivity contribution in [1.82, 2.24) is 0 Å². The first-order valence-electron chi connectivity index (χ1n) is 14.8. The van der Waals surface area contributed by atoms with Gasteiger partial charge in [0.2, 0.25) is 0 Å². The van der Waals surface area contributed by atoms with Crippen molar-refractivity contribution in [2.45, 2.75) is 37.0 Å². The molecule has 7 nitrogen and oxygen atoms in total. The minimum Gasteiger partial charge on any atom is -0.489 e. The number of hydrogen-bond donors (Lipinski definition) is 0. The fourth-order valence-corrected chi connectivity index (χ4v) is 5.68. The van der Waals surface area contributed by atoms with E-state index in [1.165, 1.54) is 0 Å². The van der Waals surface area contributed by atoms with E-state index in [9.17, 15) is 4.79 Å². The van der Waals surface area contributed by atoms with Crippen LogP contribution in [-0.2, 0) is 23.7 Å². The highest BCUT2D eigenvalue weighted by atomic mass is 16.8. The molecule has 0 aromatic heterocycles. The topological polar surface area (TPSA) is 72.5 Å². The summed E-state index contributed by atoms with van der Waals surface area (Å²) in [7, 11) is 0. The van der Waals surface area contributed by atoms with Crippen LogP contribution in [0.2, 0.25) is 0 Å². The van der Waals surface area contributed by atoms with Crippen LogP contribution in [0, 0.1) is 0 Å². The number of esters is 1. The van der Waals surface area contributed by atoms with Crippen LogP contribution in [0.4, 0.5) is 0 Å². The summed E-state index contributed by atoms with van der Waals surface area (Å²) >= 11 is 0. The molecule has 2 aliphatic rings. The minimum absolute atomic E-state index is 0.0300. The van der Waals surface area contributed by atoms with Crippen molar-refractivity contribution in [3.05, 3.63) is 150 Å². The quantitative estimate of drug-likeness (QED) is 0.180. The molecule has 5 aromatic carbocycles. The lowest BCUT2D eigenvalue weighted by molar-refractivity contribution is -0.373. The standard InChI is InChI=1S/C37H32O7/c38-35(26-14-4-1-5-15-26)41-31(23-39-30-22-12-20-25-13-10-11-21-29(25)30)33-34-32(42-37(44-33)28-18-8-3-9-19-28)24-40-36(43-34)27-16-6-2-7-17-27/h1-22,31-34,36-37H,23-24H2/t31-,32+,33-,34-,36?,37?/m1/s1. The molecule has 5 aromatic rings. The van der Waals surface area contributed by atoms with Crippen molar-refractivity contribution < 1.29 is 33.2 Å². The van der Waals surface area contributed by atoms with Crippen LogP contribution in [0.5, 0.6) is 5.75 Å². The highest BCUT2D eigenvalue weighted by molar-refractivity contribution is 5.89. The first-order chi connectivity index (χ1) is 21.7. The molecule has 0 saturated carbocycles. The van der Waals surface area contributed by atoms with Crippen LogP contribution >= 0.6 is 0 Å². The van der Waals surface area contributed by atoms with E-state index >= 15 is 0 Å². The lowest BCUT2D eigenvalue weighted by Gasteiger charge is -2.47. The summed E-state index contributed by atoms with van der Waals surface area (Å²) in [6, 6.07) is 42.2. The Morgan fingerprint density at radius 3 is 2.07 bits per heavy atom. The molecule has 7 heteroatoms. The van der Waals surface area contributed by atoms with Crippen molar-refractivity contribution in [2.24, 2.45) is 0 Å². The number of carbonyl (C=O) groups is 1. The Kier molecular flexibility index (Phi) is 8.34. The van der Waals surface area contributed by atoms with Gasteiger partial charge in [0.05, 0.1) is 12.2 Å². The van der Waals surface area contributed by atoms with Crippen molar-refractivity contribution in [1.29, 1.82) is 0 Å². The predicted octanol–water partition coefficient (Wildman–Crippen LogP) is 7.04. The van der Waals surface area contributed by atoms with Gasteiger partial charge in [-0.1, -0.05) is 115 Å². The van der Waals surface area contributed by atoms with Crippen molar-refractivity contribution in [3.63, 3.8) is 0 Å². The molecule has 0 amide bonds. The Balaban J connectivity index is 1.23. The van der Waals surface area contributed by atoms with Gasteiger partial charge in [0.1, 0.15) is 30.7 Å². The van der Waals surface area contributed by atoms with Crippen LogP contribution in [0.25, 0.3) is 10.8 Å². The summed E-state index contributed by atoms with van der Waals surface area (Å²) < 4.78 is 38.4. The third-order valence-corrected chi connectivity index (χ3v) is 7.89. The van der Waals surface area contributed by atoms with Crippen molar-refractivity contribution in [3.8, 4) is 5.75 Å². The monoisotopic (exact) mass is 588 g/mol. The normalized spacial score (nSPS) is 23.8. The summed E-state index contributed by atoms with van der Waals surface area (Å²) in [5.74, 6) is 0.203. The molecule has 2 saturated heterocycles. The molecule has 44 heavy (non-hydrogen) atoms. The number of ether oxygens (including phenoxy) is 6. The van der Waals surface area contributed by atoms with Crippen LogP contribution < -0.4 is 4.74 Å². The molecular weight excluding hydrogens is 556 g/mol. The van der Waals surface area contributed by atoms with Crippen LogP contribution in [0.1, 0.15) is 34.1 Å². The van der Waals surface area contributed by atoms with Gasteiger partial charge in [0.15, 0.2) is 18.7 Å². The summed E-state index contributed by atoms with van der Waals surface area (Å²) in [5, 5.41) is 2.01. The van der Waals surface area contributed by atoms with E-state index in [4.69, 9.17) is 28.4 Å². The van der Waals surface area contributed by atoms with E-state index in [0.29, 0.717) is 11.3 Å². The molecule has 0 bridgehead atoms. The molecule has 7 rings (SSSR count). The molecule has 222 valence electrons. The van der Waals surface area contributed by atoms with Gasteiger partial charge in [0, 0.05) is 16.5 Å². The fraction of sp³-hybridized carbons (Fsp3) is 0.216. The Hall–Kier alpha value is -4.53. The zero-order chi connectivity index (χ0) is 29.7. The summed E-state index contributed by atoms with van der Waals surface area (Å²) in [4.78, 5) is 13.5. The second kappa shape index (κ2) is 13.0. The van der Waals surface area contributed by atoms with Gasteiger partial charge in [-0.25, -0.2) is 4.79 Å². The highest BCUT2D eigenvalue weighted by Crippen LogP contribution is 2.40. The van der Waals surface area contributed by atoms with E-state index in [1.54, 1.807) is 24.3 Å². The van der Waals surface area contributed by atoms with Gasteiger partial charge in [-0.2, -0.15) is 0 Å². The average molecular weight is 589 g/mol. The smallest absolute Gasteiger partial charge is 0.338 e. The van der Waals surface area contributed by atoms with Crippen LogP contribution in [0.3, 0.4) is 0 Å². The van der Waals surface area contributed by atoms with Crippen LogP contribution in [0.15, 0.2) is 133 Å². The number of benzene rings is 5. The average Bonchev–Trinajstić information content (AvgIpc) is 3.10. The second-order valence-electron chi connectivity index (χ2n) is 10.8. The maximum atomic E-state index is 13.5. The van der Waals surface area contributed by atoms with Gasteiger partial charge in [-0.3, -0.25) is 0 Å². The van der Waals surface area contributed by atoms with Gasteiger partial charge in [0.25, 0.3) is 0 Å². The van der Waals surface area contributed by atoms with Crippen molar-refractivity contribution >= 4 is 16.7 Å². The molecule has 0 aliphatic carbocycles. The SMILES string of the molecule is O=C(O[C@H](COc1cccc2ccccc12)[C@H]1OC(c2ccccc2)O[C@H]2COC(c3ccccc3)O[C@@H]12)c1ccccc1. The third-order valence-electron chi connectivity index (χ3n) is 7.89. The molecule has 2 heterocycles. The molecular formula is C37H32O7. The molecule has 2 unspecified atom stereocenters. The van der Waals surface area contributed by atoms with E-state index in [-0.39, 0.29) is 13.2 Å². The number of rotatable bonds is 8. The summed E-state index contributed by atoms with van der Waals surface area (Å²) in [5.41, 5.74) is 2.14. The minimum atomic E-state index is -0.848. The molecule has 0 N–H and O–H groups in total. The first-order valence-corrected chi connectivity index (χ1v) is 14.8. The maximum Gasteiger partial charge on any atom is 0.338 e. The largest absolute Gasteiger partial charge is 0.489 e. The highest BCUT2D eigenvalue weighted by Gasteiger charge is 2.50. The van der Waals surface area contributed by atoms with Crippen LogP contribution in [-0.4, -0.2) is 43.6 Å². The molecule has 6 atom stereocenters. The zero-order valence-electron chi connectivity index (χ0n) is 23.9. The predicted molar refractivity (Wildman–Crippen MR) is 164 cm³/mol. The molecule has 2 fully saturated rings. The number of hydrogen-bond acceptors (Lipinski definition) is 7. The van der Waals surface area contributed by atoms with Gasteiger partial charge in [-0.15, -0.1) is 0 Å². The Labute approximate surface area is 255 Å². The lowest BCUT2D eigenvalue weighted by Crippen LogP contribution is -2.59. The molecule has 0 spiro atoms.